The summed E-state index contributed by atoms with van der Waals surface area (Å²) in [6, 6.07) is 7.83. The summed E-state index contributed by atoms with van der Waals surface area (Å²) in [6.07, 6.45) is 0. The molecule has 0 atom stereocenters. The summed E-state index contributed by atoms with van der Waals surface area (Å²) in [5.74, 6) is 0. The molecule has 0 saturated heterocycles. The Kier molecular flexibility index (Phi) is 1.88. The van der Waals surface area contributed by atoms with Gasteiger partial charge in [0.2, 0.25) is 5.43 Å². The van der Waals surface area contributed by atoms with Gasteiger partial charge in [0.15, 0.2) is 0 Å². The number of nitrogens with two attached hydrogens (primary N) is 1. The van der Waals surface area contributed by atoms with Crippen molar-refractivity contribution in [2.75, 3.05) is 5.73 Å². The highest BCUT2D eigenvalue weighted by molar-refractivity contribution is 5.52. The van der Waals surface area contributed by atoms with Crippen molar-refractivity contribution < 1.29 is 0 Å². The molecule has 11 heavy (non-hydrogen) atoms. The zero-order chi connectivity index (χ0) is 8.27. The Morgan fingerprint density at radius 1 is 1.36 bits per heavy atom. The standard InChI is InChI=1S/C8H6N2O/c9-5-6-3-1-2-4-7(11)8(6)10/h1-4H,(H2,10,11). The van der Waals surface area contributed by atoms with Gasteiger partial charge in [0.25, 0.3) is 0 Å². The summed E-state index contributed by atoms with van der Waals surface area (Å²) in [4.78, 5) is 10.9. The zero-order valence-electron chi connectivity index (χ0n) is 5.74. The Hall–Kier alpha value is -1.82. The molecule has 0 aliphatic carbocycles. The third kappa shape index (κ3) is 1.36. The molecule has 3 heteroatoms. The van der Waals surface area contributed by atoms with Crippen molar-refractivity contribution in [2.24, 2.45) is 0 Å². The molecule has 0 amide bonds. The minimum Gasteiger partial charge on any atom is -0.394 e. The van der Waals surface area contributed by atoms with Crippen molar-refractivity contribution in [1.82, 2.24) is 0 Å². The average molecular weight is 146 g/mol. The van der Waals surface area contributed by atoms with Gasteiger partial charge in [-0.1, -0.05) is 12.1 Å². The SMILES string of the molecule is N#Cc1ccccc(=O)c1N. The molecule has 2 N–H and O–H groups in total. The van der Waals surface area contributed by atoms with Crippen LogP contribution >= 0.6 is 0 Å². The Labute approximate surface area is 63.7 Å². The van der Waals surface area contributed by atoms with E-state index >= 15 is 0 Å². The van der Waals surface area contributed by atoms with Crippen molar-refractivity contribution in [2.45, 2.75) is 0 Å². The first-order valence-corrected chi connectivity index (χ1v) is 3.04. The van der Waals surface area contributed by atoms with Crippen LogP contribution in [0.5, 0.6) is 0 Å². The first kappa shape index (κ1) is 7.29. The summed E-state index contributed by atoms with van der Waals surface area (Å²) in [5.41, 5.74) is 5.26. The van der Waals surface area contributed by atoms with Gasteiger partial charge in [-0.2, -0.15) is 5.26 Å². The van der Waals surface area contributed by atoms with E-state index in [4.69, 9.17) is 11.0 Å². The number of hydrogen-bond acceptors (Lipinski definition) is 3. The molecule has 0 saturated carbocycles. The Bertz CT molecular complexity index is 365. The van der Waals surface area contributed by atoms with Gasteiger partial charge in [0.05, 0.1) is 11.3 Å². The van der Waals surface area contributed by atoms with Gasteiger partial charge in [-0.3, -0.25) is 4.79 Å². The molecule has 1 rings (SSSR count). The normalized spacial score (nSPS) is 8.64. The molecule has 0 spiro atoms. The number of hydrogen-bond donors (Lipinski definition) is 1. The molecule has 0 bridgehead atoms. The highest BCUT2D eigenvalue weighted by Crippen LogP contribution is 2.00. The van der Waals surface area contributed by atoms with Gasteiger partial charge >= 0.3 is 0 Å². The molecule has 54 valence electrons. The van der Waals surface area contributed by atoms with E-state index in [1.807, 2.05) is 6.07 Å². The summed E-state index contributed by atoms with van der Waals surface area (Å²) < 4.78 is 0. The lowest BCUT2D eigenvalue weighted by Crippen LogP contribution is -2.04. The lowest BCUT2D eigenvalue weighted by atomic mass is 10.3. The maximum absolute atomic E-state index is 10.9. The van der Waals surface area contributed by atoms with Crippen LogP contribution in [-0.2, 0) is 0 Å². The van der Waals surface area contributed by atoms with E-state index in [1.165, 1.54) is 12.1 Å². The highest BCUT2D eigenvalue weighted by atomic mass is 16.1. The monoisotopic (exact) mass is 146 g/mol. The second-order valence-corrected chi connectivity index (χ2v) is 2.02. The van der Waals surface area contributed by atoms with E-state index in [0.717, 1.165) is 0 Å². The average Bonchev–Trinajstić information content (AvgIpc) is 2.16. The number of rotatable bonds is 0. The minimum atomic E-state index is -0.313. The van der Waals surface area contributed by atoms with Gasteiger partial charge in [-0.05, 0) is 12.1 Å². The van der Waals surface area contributed by atoms with Crippen LogP contribution in [-0.4, -0.2) is 0 Å². The predicted molar refractivity (Wildman–Crippen MR) is 41.8 cm³/mol. The molecule has 0 aliphatic rings. The second kappa shape index (κ2) is 2.84. The highest BCUT2D eigenvalue weighted by Gasteiger charge is 1.96. The van der Waals surface area contributed by atoms with E-state index in [0.29, 0.717) is 0 Å². The van der Waals surface area contributed by atoms with Crippen LogP contribution in [0.2, 0.25) is 0 Å². The van der Waals surface area contributed by atoms with Crippen molar-refractivity contribution in [3.8, 4) is 6.07 Å². The molecule has 3 nitrogen and oxygen atoms in total. The van der Waals surface area contributed by atoms with Gasteiger partial charge in [-0.25, -0.2) is 0 Å². The maximum atomic E-state index is 10.9. The summed E-state index contributed by atoms with van der Waals surface area (Å²) in [5, 5.41) is 8.49. The molecule has 0 aromatic heterocycles. The van der Waals surface area contributed by atoms with Crippen molar-refractivity contribution in [3.05, 3.63) is 40.1 Å². The topological polar surface area (TPSA) is 66.9 Å². The van der Waals surface area contributed by atoms with Gasteiger partial charge < -0.3 is 5.73 Å². The second-order valence-electron chi connectivity index (χ2n) is 2.02. The Morgan fingerprint density at radius 2 is 2.00 bits per heavy atom. The molecule has 0 aliphatic heterocycles. The number of nitriles is 1. The molecule has 0 fully saturated rings. The van der Waals surface area contributed by atoms with Crippen LogP contribution < -0.4 is 11.2 Å². The number of nitrogen functional groups attached to an aromatic ring is 1. The van der Waals surface area contributed by atoms with Crippen LogP contribution in [0.4, 0.5) is 5.69 Å². The fourth-order valence-electron chi connectivity index (χ4n) is 0.705. The van der Waals surface area contributed by atoms with Gasteiger partial charge in [0, 0.05) is 0 Å². The number of nitrogens with zero attached hydrogens (tertiary/aromatic N) is 1. The fourth-order valence-corrected chi connectivity index (χ4v) is 0.705. The van der Waals surface area contributed by atoms with Crippen LogP contribution in [0.25, 0.3) is 0 Å². The number of anilines is 1. The maximum Gasteiger partial charge on any atom is 0.202 e. The molecule has 0 unspecified atom stereocenters. The largest absolute Gasteiger partial charge is 0.394 e. The van der Waals surface area contributed by atoms with Gasteiger partial charge in [0.1, 0.15) is 6.07 Å². The Balaban J connectivity index is 3.58. The molecule has 0 radical (unpaired) electrons. The molecular weight excluding hydrogens is 140 g/mol. The van der Waals surface area contributed by atoms with E-state index in [9.17, 15) is 4.79 Å². The van der Waals surface area contributed by atoms with Crippen LogP contribution in [0.1, 0.15) is 5.56 Å². The third-order valence-electron chi connectivity index (χ3n) is 1.30. The minimum absolute atomic E-state index is 0.0116. The molecular formula is C8H6N2O. The molecule has 1 aromatic rings. The van der Waals surface area contributed by atoms with E-state index < -0.39 is 0 Å². The lowest BCUT2D eigenvalue weighted by Gasteiger charge is -1.84. The van der Waals surface area contributed by atoms with Crippen LogP contribution in [0.3, 0.4) is 0 Å². The lowest BCUT2D eigenvalue weighted by molar-refractivity contribution is 1.49. The predicted octanol–water partition coefficient (Wildman–Crippen LogP) is 0.501. The molecule has 0 heterocycles. The third-order valence-corrected chi connectivity index (χ3v) is 1.30. The van der Waals surface area contributed by atoms with Gasteiger partial charge in [-0.15, -0.1) is 0 Å². The first-order chi connectivity index (χ1) is 5.25. The smallest absolute Gasteiger partial charge is 0.202 e. The van der Waals surface area contributed by atoms with E-state index in [1.54, 1.807) is 12.1 Å². The van der Waals surface area contributed by atoms with Crippen molar-refractivity contribution in [1.29, 1.82) is 5.26 Å². The zero-order valence-corrected chi connectivity index (χ0v) is 5.74. The van der Waals surface area contributed by atoms with E-state index in [-0.39, 0.29) is 16.7 Å². The molecule has 1 aromatic carbocycles. The first-order valence-electron chi connectivity index (χ1n) is 3.04. The fraction of sp³-hybridized carbons (Fsp3) is 0. The van der Waals surface area contributed by atoms with Crippen molar-refractivity contribution >= 4 is 5.69 Å². The van der Waals surface area contributed by atoms with Crippen molar-refractivity contribution in [3.63, 3.8) is 0 Å². The summed E-state index contributed by atoms with van der Waals surface area (Å²) in [6.45, 7) is 0. The van der Waals surface area contributed by atoms with Crippen LogP contribution in [0, 0.1) is 11.3 Å². The van der Waals surface area contributed by atoms with Crippen LogP contribution in [0.15, 0.2) is 29.1 Å². The van der Waals surface area contributed by atoms with E-state index in [2.05, 4.69) is 0 Å². The quantitative estimate of drug-likeness (QED) is 0.579. The Morgan fingerprint density at radius 3 is 2.64 bits per heavy atom. The summed E-state index contributed by atoms with van der Waals surface area (Å²) in [7, 11) is 0. The summed E-state index contributed by atoms with van der Waals surface area (Å²) >= 11 is 0.